The topological polar surface area (TPSA) is 85.7 Å². The summed E-state index contributed by atoms with van der Waals surface area (Å²) in [5, 5.41) is 4.02. The predicted molar refractivity (Wildman–Crippen MR) is 131 cm³/mol. The average molecular weight is 479 g/mol. The van der Waals surface area contributed by atoms with Crippen LogP contribution < -0.4 is 5.32 Å². The largest absolute Gasteiger partial charge is 0.469 e. The van der Waals surface area contributed by atoms with E-state index in [4.69, 9.17) is 21.7 Å². The summed E-state index contributed by atoms with van der Waals surface area (Å²) in [4.78, 5) is 30.4. The molecule has 8 nitrogen and oxygen atoms in total. The fourth-order valence-electron chi connectivity index (χ4n) is 4.23. The molecule has 0 saturated carbocycles. The fraction of sp³-hybridized carbons (Fsp3) is 0.280. The first-order chi connectivity index (χ1) is 16.5. The van der Waals surface area contributed by atoms with Crippen molar-refractivity contribution in [3.63, 3.8) is 0 Å². The maximum atomic E-state index is 12.1. The number of aromatic nitrogens is 2. The van der Waals surface area contributed by atoms with Gasteiger partial charge in [0.15, 0.2) is 5.11 Å². The molecule has 0 spiro atoms. The Morgan fingerprint density at radius 1 is 1.09 bits per heavy atom. The minimum absolute atomic E-state index is 0.183. The summed E-state index contributed by atoms with van der Waals surface area (Å²) in [5.74, 6) is -0.644. The summed E-state index contributed by atoms with van der Waals surface area (Å²) in [6.45, 7) is 0.572. The lowest BCUT2D eigenvalue weighted by atomic mass is 10.0. The molecule has 0 radical (unpaired) electrons. The van der Waals surface area contributed by atoms with Gasteiger partial charge in [0.25, 0.3) is 0 Å². The number of carbonyl (C=O) groups is 2. The molecule has 4 rings (SSSR count). The van der Waals surface area contributed by atoms with Gasteiger partial charge in [-0.2, -0.15) is 0 Å². The maximum Gasteiger partial charge on any atom is 0.337 e. The second kappa shape index (κ2) is 10.5. The van der Waals surface area contributed by atoms with Gasteiger partial charge in [0.2, 0.25) is 0 Å². The van der Waals surface area contributed by atoms with E-state index >= 15 is 0 Å². The Balaban J connectivity index is 1.73. The number of thiocarbonyl (C=S) groups is 1. The van der Waals surface area contributed by atoms with Crippen LogP contribution in [-0.4, -0.2) is 52.3 Å². The third-order valence-corrected chi connectivity index (χ3v) is 6.19. The number of methoxy groups -OCH3 is 2. The van der Waals surface area contributed by atoms with Crippen LogP contribution >= 0.6 is 12.2 Å². The first kappa shape index (κ1) is 23.4. The molecule has 176 valence electrons. The lowest BCUT2D eigenvalue weighted by Gasteiger charge is -2.29. The Kier molecular flexibility index (Phi) is 7.22. The van der Waals surface area contributed by atoms with Crippen molar-refractivity contribution < 1.29 is 19.1 Å². The number of hydrogen-bond acceptors (Lipinski definition) is 6. The third-order valence-electron chi connectivity index (χ3n) is 5.83. The number of hydrogen-bond donors (Lipinski definition) is 1. The number of ether oxygens (including phenoxy) is 2. The van der Waals surface area contributed by atoms with Gasteiger partial charge in [0.1, 0.15) is 0 Å². The Morgan fingerprint density at radius 2 is 1.94 bits per heavy atom. The number of esters is 2. The monoisotopic (exact) mass is 478 g/mol. The van der Waals surface area contributed by atoms with E-state index in [1.165, 1.54) is 14.2 Å². The highest BCUT2D eigenvalue weighted by Gasteiger charge is 2.41. The van der Waals surface area contributed by atoms with Crippen LogP contribution in [0.3, 0.4) is 0 Å². The van der Waals surface area contributed by atoms with Crippen LogP contribution in [0.2, 0.25) is 0 Å². The molecule has 1 aliphatic rings. The Morgan fingerprint density at radius 3 is 2.68 bits per heavy atom. The number of carbonyl (C=O) groups excluding carboxylic acids is 2. The molecule has 0 bridgehead atoms. The van der Waals surface area contributed by atoms with Crippen LogP contribution in [0.25, 0.3) is 5.69 Å². The van der Waals surface area contributed by atoms with Crippen molar-refractivity contribution in [1.29, 1.82) is 0 Å². The van der Waals surface area contributed by atoms with Crippen LogP contribution in [0, 0.1) is 0 Å². The summed E-state index contributed by atoms with van der Waals surface area (Å²) >= 11 is 5.71. The summed E-state index contributed by atoms with van der Waals surface area (Å²) in [6, 6.07) is 16.7. The molecule has 1 aromatic carbocycles. The number of nitrogens with one attached hydrogen (secondary N) is 1. The van der Waals surface area contributed by atoms with Crippen molar-refractivity contribution in [1.82, 2.24) is 19.8 Å². The summed E-state index contributed by atoms with van der Waals surface area (Å²) in [6.07, 6.45) is 4.61. The van der Waals surface area contributed by atoms with Crippen LogP contribution in [-0.2, 0) is 14.3 Å². The van der Waals surface area contributed by atoms with E-state index in [2.05, 4.69) is 15.2 Å². The number of benzene rings is 1. The molecule has 2 unspecified atom stereocenters. The van der Waals surface area contributed by atoms with E-state index in [0.29, 0.717) is 30.1 Å². The lowest BCUT2D eigenvalue weighted by Crippen LogP contribution is -2.31. The normalized spacial score (nSPS) is 17.4. The maximum absolute atomic E-state index is 12.1. The van der Waals surface area contributed by atoms with Crippen molar-refractivity contribution in [3.05, 3.63) is 83.9 Å². The molecular weight excluding hydrogens is 452 g/mol. The van der Waals surface area contributed by atoms with Crippen LogP contribution in [0.4, 0.5) is 0 Å². The first-order valence-electron chi connectivity index (χ1n) is 10.9. The molecule has 34 heavy (non-hydrogen) atoms. The SMILES string of the molecule is COC(=O)CCCN1C(=S)NC(c2ccccn2)C1c1cccn1-c1cccc(C(=O)OC)c1. The zero-order valence-corrected chi connectivity index (χ0v) is 19.8. The minimum Gasteiger partial charge on any atom is -0.469 e. The second-order valence-corrected chi connectivity index (χ2v) is 8.23. The minimum atomic E-state index is -0.393. The van der Waals surface area contributed by atoms with Gasteiger partial charge in [0.05, 0.1) is 37.6 Å². The molecule has 1 fully saturated rings. The highest BCUT2D eigenvalue weighted by atomic mass is 32.1. The van der Waals surface area contributed by atoms with E-state index < -0.39 is 5.97 Å². The zero-order chi connectivity index (χ0) is 24.1. The van der Waals surface area contributed by atoms with E-state index in [9.17, 15) is 9.59 Å². The van der Waals surface area contributed by atoms with Crippen molar-refractivity contribution in [3.8, 4) is 5.69 Å². The quantitative estimate of drug-likeness (QED) is 0.388. The third kappa shape index (κ3) is 4.79. The van der Waals surface area contributed by atoms with Crippen molar-refractivity contribution in [2.24, 2.45) is 0 Å². The van der Waals surface area contributed by atoms with Crippen LogP contribution in [0.15, 0.2) is 67.0 Å². The molecule has 3 heterocycles. The summed E-state index contributed by atoms with van der Waals surface area (Å²) in [7, 11) is 2.75. The summed E-state index contributed by atoms with van der Waals surface area (Å²) in [5.41, 5.74) is 3.13. The van der Waals surface area contributed by atoms with E-state index in [0.717, 1.165) is 17.1 Å². The standard InChI is InChI=1S/C25H26N4O4S/c1-32-21(30)12-7-15-29-23(22(27-25(29)34)19-10-3-4-13-26-19)20-11-6-14-28(20)18-9-5-8-17(16-18)24(31)33-2/h3-6,8-11,13-14,16,22-23H,7,12,15H2,1-2H3,(H,27,34). The van der Waals surface area contributed by atoms with Gasteiger partial charge in [0, 0.05) is 36.7 Å². The molecule has 2 atom stereocenters. The Bertz CT molecular complexity index is 1180. The predicted octanol–water partition coefficient (Wildman–Crippen LogP) is 3.58. The number of rotatable bonds is 8. The Labute approximate surface area is 203 Å². The molecule has 1 saturated heterocycles. The molecular formula is C25H26N4O4S. The molecule has 3 aromatic rings. The highest BCUT2D eigenvalue weighted by Crippen LogP contribution is 2.39. The molecule has 0 aliphatic carbocycles. The van der Waals surface area contributed by atoms with Gasteiger partial charge in [-0.15, -0.1) is 0 Å². The van der Waals surface area contributed by atoms with Crippen LogP contribution in [0.5, 0.6) is 0 Å². The fourth-order valence-corrected chi connectivity index (χ4v) is 4.57. The van der Waals surface area contributed by atoms with Gasteiger partial charge >= 0.3 is 11.9 Å². The molecule has 2 aromatic heterocycles. The highest BCUT2D eigenvalue weighted by molar-refractivity contribution is 7.80. The van der Waals surface area contributed by atoms with Gasteiger partial charge < -0.3 is 24.3 Å². The number of nitrogens with zero attached hydrogens (tertiary/aromatic N) is 3. The van der Waals surface area contributed by atoms with Gasteiger partial charge in [-0.05, 0) is 61.1 Å². The average Bonchev–Trinajstić information content (AvgIpc) is 3.48. The smallest absolute Gasteiger partial charge is 0.337 e. The van der Waals surface area contributed by atoms with E-state index in [1.54, 1.807) is 18.3 Å². The van der Waals surface area contributed by atoms with E-state index in [1.807, 2.05) is 53.2 Å². The van der Waals surface area contributed by atoms with Crippen molar-refractivity contribution >= 4 is 29.3 Å². The molecule has 1 N–H and O–H groups in total. The van der Waals surface area contributed by atoms with Crippen molar-refractivity contribution in [2.45, 2.75) is 24.9 Å². The first-order valence-corrected chi connectivity index (χ1v) is 11.3. The van der Waals surface area contributed by atoms with Gasteiger partial charge in [-0.3, -0.25) is 9.78 Å². The second-order valence-electron chi connectivity index (χ2n) is 7.84. The zero-order valence-electron chi connectivity index (χ0n) is 19.0. The summed E-state index contributed by atoms with van der Waals surface area (Å²) < 4.78 is 11.7. The van der Waals surface area contributed by atoms with Crippen LogP contribution in [0.1, 0.15) is 46.7 Å². The molecule has 0 amide bonds. The molecule has 1 aliphatic heterocycles. The molecule has 9 heteroatoms. The Hall–Kier alpha value is -3.72. The number of pyridine rings is 1. The lowest BCUT2D eigenvalue weighted by molar-refractivity contribution is -0.140. The van der Waals surface area contributed by atoms with E-state index in [-0.39, 0.29) is 18.1 Å². The van der Waals surface area contributed by atoms with Gasteiger partial charge in [-0.1, -0.05) is 12.1 Å². The van der Waals surface area contributed by atoms with Gasteiger partial charge in [-0.25, -0.2) is 4.79 Å². The van der Waals surface area contributed by atoms with Crippen molar-refractivity contribution in [2.75, 3.05) is 20.8 Å².